The van der Waals surface area contributed by atoms with Gasteiger partial charge in [-0.1, -0.05) is 69.0 Å². The minimum atomic E-state index is -0.370. The number of aromatic nitrogens is 1. The number of hydrogen-bond acceptors (Lipinski definition) is 5. The molecule has 1 fully saturated rings. The number of methoxy groups -OCH3 is 1. The first-order chi connectivity index (χ1) is 20.3. The van der Waals surface area contributed by atoms with Crippen LogP contribution in [0.15, 0.2) is 47.6 Å². The summed E-state index contributed by atoms with van der Waals surface area (Å²) in [6.07, 6.45) is 16.9. The normalized spacial score (nSPS) is 25.5. The Morgan fingerprint density at radius 2 is 1.81 bits per heavy atom. The fraction of sp³-hybridized carbons (Fsp3) is 0.611. The second kappa shape index (κ2) is 13.2. The van der Waals surface area contributed by atoms with Gasteiger partial charge in [0.2, 0.25) is 0 Å². The van der Waals surface area contributed by atoms with E-state index in [2.05, 4.69) is 80.1 Å². The van der Waals surface area contributed by atoms with E-state index >= 15 is 0 Å². The summed E-state index contributed by atoms with van der Waals surface area (Å²) in [5.74, 6) is 0.301. The number of carbonyl (C=O) groups excluding carboxylic acids is 1. The third-order valence-corrected chi connectivity index (χ3v) is 10.2. The number of allylic oxidation sites excluding steroid dienone is 2. The molecule has 3 aliphatic carbocycles. The van der Waals surface area contributed by atoms with E-state index in [9.17, 15) is 4.79 Å². The molecule has 2 aromatic rings. The summed E-state index contributed by atoms with van der Waals surface area (Å²) in [6.45, 7) is 11.1. The summed E-state index contributed by atoms with van der Waals surface area (Å²) < 4.78 is 5.05. The summed E-state index contributed by atoms with van der Waals surface area (Å²) in [6, 6.07) is 8.91. The Hall–Kier alpha value is -2.86. The average Bonchev–Trinajstić information content (AvgIpc) is 2.98. The average molecular weight is 573 g/mol. The number of alkyl carbamates (subject to hydrolysis) is 1. The lowest BCUT2D eigenvalue weighted by Gasteiger charge is -2.57. The van der Waals surface area contributed by atoms with Crippen molar-refractivity contribution < 1.29 is 9.53 Å². The van der Waals surface area contributed by atoms with E-state index in [1.807, 2.05) is 0 Å². The highest BCUT2D eigenvalue weighted by atomic mass is 16.5. The van der Waals surface area contributed by atoms with Crippen molar-refractivity contribution in [2.45, 2.75) is 110 Å². The number of carbonyl (C=O) groups is 1. The van der Waals surface area contributed by atoms with Gasteiger partial charge in [-0.25, -0.2) is 4.79 Å². The molecule has 1 heterocycles. The molecular weight excluding hydrogens is 520 g/mol. The molecule has 1 amide bonds. The number of benzene rings is 1. The van der Waals surface area contributed by atoms with Crippen LogP contribution in [-0.2, 0) is 17.6 Å². The number of pyridine rings is 1. The van der Waals surface area contributed by atoms with Crippen LogP contribution >= 0.6 is 0 Å². The third kappa shape index (κ3) is 6.24. The van der Waals surface area contributed by atoms with Gasteiger partial charge in [0.1, 0.15) is 0 Å². The molecule has 2 bridgehead atoms. The lowest BCUT2D eigenvalue weighted by atomic mass is 9.53. The molecule has 6 nitrogen and oxygen atoms in total. The summed E-state index contributed by atoms with van der Waals surface area (Å²) in [5.41, 5.74) is 7.59. The molecule has 1 saturated carbocycles. The summed E-state index contributed by atoms with van der Waals surface area (Å²) in [4.78, 5) is 17.4. The van der Waals surface area contributed by atoms with Gasteiger partial charge < -0.3 is 20.7 Å². The van der Waals surface area contributed by atoms with Crippen LogP contribution in [0.3, 0.4) is 0 Å². The van der Waals surface area contributed by atoms with Crippen LogP contribution in [0, 0.1) is 11.3 Å². The molecule has 3 atom stereocenters. The first-order valence-corrected chi connectivity index (χ1v) is 16.4. The number of para-hydroxylation sites is 1. The Kier molecular flexibility index (Phi) is 9.61. The molecule has 6 heteroatoms. The Morgan fingerprint density at radius 3 is 2.60 bits per heavy atom. The van der Waals surface area contributed by atoms with Crippen LogP contribution < -0.4 is 16.0 Å². The number of fused-ring (bicyclic) bond motifs is 4. The molecule has 1 aromatic carbocycles. The molecule has 3 N–H and O–H groups in total. The fourth-order valence-corrected chi connectivity index (χ4v) is 7.99. The van der Waals surface area contributed by atoms with Crippen LogP contribution in [0.5, 0.6) is 0 Å². The number of anilines is 1. The van der Waals surface area contributed by atoms with E-state index in [0.717, 1.165) is 44.3 Å². The maximum atomic E-state index is 12.4. The van der Waals surface area contributed by atoms with Gasteiger partial charge >= 0.3 is 6.09 Å². The predicted octanol–water partition coefficient (Wildman–Crippen LogP) is 7.87. The number of ether oxygens (including phenoxy) is 1. The number of amides is 1. The van der Waals surface area contributed by atoms with E-state index in [1.54, 1.807) is 0 Å². The monoisotopic (exact) mass is 572 g/mol. The first kappa shape index (κ1) is 30.6. The van der Waals surface area contributed by atoms with Crippen LogP contribution in [0.2, 0.25) is 0 Å². The van der Waals surface area contributed by atoms with Crippen molar-refractivity contribution in [2.24, 2.45) is 11.3 Å². The number of nitrogens with zero attached hydrogens (tertiary/aromatic N) is 1. The van der Waals surface area contributed by atoms with Crippen LogP contribution in [0.1, 0.15) is 96.7 Å². The second-order valence-corrected chi connectivity index (χ2v) is 13.5. The smallest absolute Gasteiger partial charge is 0.407 e. The predicted molar refractivity (Wildman–Crippen MR) is 174 cm³/mol. The van der Waals surface area contributed by atoms with E-state index in [0.29, 0.717) is 12.0 Å². The zero-order chi connectivity index (χ0) is 29.7. The zero-order valence-corrected chi connectivity index (χ0v) is 26.6. The van der Waals surface area contributed by atoms with Crippen molar-refractivity contribution >= 4 is 22.7 Å². The molecule has 1 aromatic heterocycles. The van der Waals surface area contributed by atoms with Crippen molar-refractivity contribution in [1.82, 2.24) is 15.6 Å². The van der Waals surface area contributed by atoms with E-state index in [4.69, 9.17) is 9.72 Å². The van der Waals surface area contributed by atoms with E-state index in [1.165, 1.54) is 85.5 Å². The molecule has 0 aliphatic heterocycles. The van der Waals surface area contributed by atoms with Crippen molar-refractivity contribution in [3.05, 3.63) is 58.8 Å². The highest BCUT2D eigenvalue weighted by Crippen LogP contribution is 2.54. The highest BCUT2D eigenvalue weighted by molar-refractivity contribution is 5.93. The third-order valence-electron chi connectivity index (χ3n) is 10.2. The maximum Gasteiger partial charge on any atom is 0.407 e. The minimum Gasteiger partial charge on any atom is -0.453 e. The summed E-state index contributed by atoms with van der Waals surface area (Å²) in [5, 5.41) is 12.3. The molecular formula is C36H52N4O2. The lowest BCUT2D eigenvalue weighted by Crippen LogP contribution is -2.65. The van der Waals surface area contributed by atoms with Crippen LogP contribution in [0.4, 0.5) is 10.5 Å². The van der Waals surface area contributed by atoms with Crippen molar-refractivity contribution in [3.8, 4) is 0 Å². The van der Waals surface area contributed by atoms with Gasteiger partial charge in [0.05, 0.1) is 18.2 Å². The topological polar surface area (TPSA) is 75.3 Å². The number of nitrogens with one attached hydrogen (secondary N) is 3. The van der Waals surface area contributed by atoms with Crippen LogP contribution in [0.25, 0.3) is 10.9 Å². The Bertz CT molecular complexity index is 1330. The standard InChI is InChI=1S/C36H52N4O2/c1-6-28-29-22-25(2)23-36(28,40-34(41)42-5)24-32(35(29,3)4)37-20-14-8-7-9-15-21-38-33-26-16-10-12-18-30(26)39-31-19-13-11-17-27(31)33/h6,10,12,16,18,22,29,32,37H,7-9,11,13-15,17,19-21,23-24H2,1-5H3,(H,38,39)(H,40,41)/t29-,32-,36+/m1/s1. The zero-order valence-electron chi connectivity index (χ0n) is 26.6. The molecule has 0 saturated heterocycles. The quantitative estimate of drug-likeness (QED) is 0.189. The van der Waals surface area contributed by atoms with Gasteiger partial charge in [-0.15, -0.1) is 0 Å². The number of hydrogen-bond donors (Lipinski definition) is 3. The van der Waals surface area contributed by atoms with Crippen LogP contribution in [-0.4, -0.2) is 42.9 Å². The highest BCUT2D eigenvalue weighted by Gasteiger charge is 2.55. The van der Waals surface area contributed by atoms with Gasteiger partial charge in [0.15, 0.2) is 0 Å². The van der Waals surface area contributed by atoms with E-state index < -0.39 is 0 Å². The molecule has 0 radical (unpaired) electrons. The molecule has 5 rings (SSSR count). The summed E-state index contributed by atoms with van der Waals surface area (Å²) in [7, 11) is 1.46. The first-order valence-electron chi connectivity index (χ1n) is 16.4. The summed E-state index contributed by atoms with van der Waals surface area (Å²) >= 11 is 0. The maximum absolute atomic E-state index is 12.4. The fourth-order valence-electron chi connectivity index (χ4n) is 7.99. The van der Waals surface area contributed by atoms with Gasteiger partial charge in [0.25, 0.3) is 0 Å². The molecule has 228 valence electrons. The number of rotatable bonds is 11. The van der Waals surface area contributed by atoms with Crippen molar-refractivity contribution in [3.63, 3.8) is 0 Å². The Morgan fingerprint density at radius 1 is 1.07 bits per heavy atom. The van der Waals surface area contributed by atoms with Gasteiger partial charge in [-0.05, 0) is 94.4 Å². The number of aryl methyl sites for hydroxylation is 1. The Balaban J connectivity index is 1.09. The molecule has 3 aliphatic rings. The van der Waals surface area contributed by atoms with Crippen molar-refractivity contribution in [1.29, 1.82) is 0 Å². The van der Waals surface area contributed by atoms with Gasteiger partial charge in [0, 0.05) is 35.3 Å². The molecule has 42 heavy (non-hydrogen) atoms. The minimum absolute atomic E-state index is 0.0623. The Labute approximate surface area is 253 Å². The lowest BCUT2D eigenvalue weighted by molar-refractivity contribution is 0.0831. The second-order valence-electron chi connectivity index (χ2n) is 13.5. The molecule has 0 unspecified atom stereocenters. The van der Waals surface area contributed by atoms with Gasteiger partial charge in [-0.3, -0.25) is 4.98 Å². The largest absolute Gasteiger partial charge is 0.453 e. The number of unbranched alkanes of at least 4 members (excludes halogenated alkanes) is 4. The SMILES string of the molecule is CC=C1[C@H]2C=C(C)C[C@]1(NC(=O)OC)C[C@@H](NCCCCCCCNc1c3c(nc4ccccc14)CCCC3)C2(C)C. The van der Waals surface area contributed by atoms with Crippen molar-refractivity contribution in [2.75, 3.05) is 25.5 Å². The van der Waals surface area contributed by atoms with E-state index in [-0.39, 0.29) is 17.0 Å². The molecule has 0 spiro atoms. The van der Waals surface area contributed by atoms with Gasteiger partial charge in [-0.2, -0.15) is 0 Å².